The highest BCUT2D eigenvalue weighted by Gasteiger charge is 2.28. The minimum absolute atomic E-state index is 0.0671. The molecule has 110 valence electrons. The highest BCUT2D eigenvalue weighted by molar-refractivity contribution is 7.88. The molecule has 2 rings (SSSR count). The van der Waals surface area contributed by atoms with E-state index in [4.69, 9.17) is 5.11 Å². The topological polar surface area (TPSA) is 110 Å². The fraction of sp³-hybridized carbons (Fsp3) is 0.500. The number of nitrogens with zero attached hydrogens (tertiary/aromatic N) is 1. The number of non-ortho nitro benzene ring substituents is 1. The summed E-state index contributed by atoms with van der Waals surface area (Å²) in [5.74, 6) is -0.0167. The lowest BCUT2D eigenvalue weighted by atomic mass is 9.83. The van der Waals surface area contributed by atoms with Crippen LogP contribution in [0.4, 0.5) is 5.69 Å². The third-order valence-corrected chi connectivity index (χ3v) is 4.63. The number of aliphatic hydroxyl groups excluding tert-OH is 1. The van der Waals surface area contributed by atoms with Crippen molar-refractivity contribution in [1.82, 2.24) is 4.72 Å². The number of sulfonamides is 1. The van der Waals surface area contributed by atoms with E-state index >= 15 is 0 Å². The molecule has 0 saturated heterocycles. The molecule has 0 unspecified atom stereocenters. The standard InChI is InChI=1S/C12H16N2O5S/c15-12-5-10(6-12)7-13-20(18,19)8-9-1-3-11(4-2-9)14(16)17/h1-4,10,12-13,15H,5-8H2. The van der Waals surface area contributed by atoms with Crippen molar-refractivity contribution < 1.29 is 18.4 Å². The number of benzene rings is 1. The van der Waals surface area contributed by atoms with E-state index in [0.29, 0.717) is 24.9 Å². The Morgan fingerprint density at radius 3 is 2.40 bits per heavy atom. The molecule has 8 heteroatoms. The first kappa shape index (κ1) is 14.9. The van der Waals surface area contributed by atoms with Gasteiger partial charge in [0, 0.05) is 18.7 Å². The van der Waals surface area contributed by atoms with Gasteiger partial charge in [-0.3, -0.25) is 10.1 Å². The highest BCUT2D eigenvalue weighted by Crippen LogP contribution is 2.26. The molecular formula is C12H16N2O5S. The molecule has 1 aliphatic rings. The Bertz CT molecular complexity index is 578. The second-order valence-corrected chi connectivity index (χ2v) is 6.83. The predicted molar refractivity (Wildman–Crippen MR) is 72.5 cm³/mol. The van der Waals surface area contributed by atoms with Crippen LogP contribution in [0.5, 0.6) is 0 Å². The van der Waals surface area contributed by atoms with Gasteiger partial charge in [-0.1, -0.05) is 12.1 Å². The van der Waals surface area contributed by atoms with Crippen molar-refractivity contribution in [2.24, 2.45) is 5.92 Å². The molecule has 20 heavy (non-hydrogen) atoms. The number of rotatable bonds is 6. The molecular weight excluding hydrogens is 284 g/mol. The van der Waals surface area contributed by atoms with Crippen molar-refractivity contribution >= 4 is 15.7 Å². The van der Waals surface area contributed by atoms with E-state index in [1.165, 1.54) is 24.3 Å². The number of hydrogen-bond acceptors (Lipinski definition) is 5. The summed E-state index contributed by atoms with van der Waals surface area (Å²) in [6, 6.07) is 5.44. The maximum Gasteiger partial charge on any atom is 0.269 e. The second-order valence-electron chi connectivity index (χ2n) is 5.02. The van der Waals surface area contributed by atoms with Gasteiger partial charge in [-0.15, -0.1) is 0 Å². The van der Waals surface area contributed by atoms with Crippen LogP contribution in [-0.2, 0) is 15.8 Å². The third kappa shape index (κ3) is 3.99. The van der Waals surface area contributed by atoms with Gasteiger partial charge < -0.3 is 5.11 Å². The summed E-state index contributed by atoms with van der Waals surface area (Å²) in [5, 5.41) is 19.6. The Labute approximate surface area is 116 Å². The molecule has 1 aromatic carbocycles. The van der Waals surface area contributed by atoms with Gasteiger partial charge in [0.2, 0.25) is 10.0 Å². The molecule has 0 spiro atoms. The number of aliphatic hydroxyl groups is 1. The Morgan fingerprint density at radius 1 is 1.30 bits per heavy atom. The van der Waals surface area contributed by atoms with E-state index in [1.54, 1.807) is 0 Å². The Hall–Kier alpha value is -1.51. The van der Waals surface area contributed by atoms with Gasteiger partial charge in [-0.05, 0) is 24.3 Å². The average Bonchev–Trinajstić information content (AvgIpc) is 2.33. The fourth-order valence-electron chi connectivity index (χ4n) is 2.10. The van der Waals surface area contributed by atoms with E-state index in [0.717, 1.165) is 0 Å². The van der Waals surface area contributed by atoms with Gasteiger partial charge in [0.25, 0.3) is 5.69 Å². The quantitative estimate of drug-likeness (QED) is 0.596. The maximum atomic E-state index is 11.8. The first-order valence-electron chi connectivity index (χ1n) is 6.24. The molecule has 7 nitrogen and oxygen atoms in total. The molecule has 0 radical (unpaired) electrons. The van der Waals surface area contributed by atoms with Gasteiger partial charge >= 0.3 is 0 Å². The second kappa shape index (κ2) is 5.86. The Balaban J connectivity index is 1.88. The monoisotopic (exact) mass is 300 g/mol. The van der Waals surface area contributed by atoms with Crippen molar-refractivity contribution in [1.29, 1.82) is 0 Å². The smallest absolute Gasteiger partial charge is 0.269 e. The zero-order valence-electron chi connectivity index (χ0n) is 10.7. The third-order valence-electron chi connectivity index (χ3n) is 3.31. The minimum Gasteiger partial charge on any atom is -0.393 e. The van der Waals surface area contributed by atoms with Crippen LogP contribution < -0.4 is 4.72 Å². The summed E-state index contributed by atoms with van der Waals surface area (Å²) in [5.41, 5.74) is 0.430. The molecule has 0 atom stereocenters. The highest BCUT2D eigenvalue weighted by atomic mass is 32.2. The average molecular weight is 300 g/mol. The molecule has 0 amide bonds. The van der Waals surface area contributed by atoms with Gasteiger partial charge in [-0.2, -0.15) is 0 Å². The van der Waals surface area contributed by atoms with Crippen LogP contribution in [0.15, 0.2) is 24.3 Å². The normalized spacial score (nSPS) is 22.2. The largest absolute Gasteiger partial charge is 0.393 e. The fourth-order valence-corrected chi connectivity index (χ4v) is 3.32. The van der Waals surface area contributed by atoms with E-state index in [2.05, 4.69) is 4.72 Å². The van der Waals surface area contributed by atoms with Crippen molar-refractivity contribution in [3.63, 3.8) is 0 Å². The lowest BCUT2D eigenvalue weighted by molar-refractivity contribution is -0.384. The van der Waals surface area contributed by atoms with Crippen LogP contribution in [0.1, 0.15) is 18.4 Å². The van der Waals surface area contributed by atoms with Crippen molar-refractivity contribution in [3.8, 4) is 0 Å². The predicted octanol–water partition coefficient (Wildman–Crippen LogP) is 0.785. The van der Waals surface area contributed by atoms with Gasteiger partial charge in [0.15, 0.2) is 0 Å². The summed E-state index contributed by atoms with van der Waals surface area (Å²) in [7, 11) is -3.46. The molecule has 1 fully saturated rings. The zero-order chi connectivity index (χ0) is 14.8. The lowest BCUT2D eigenvalue weighted by Crippen LogP contribution is -2.38. The molecule has 0 aromatic heterocycles. The summed E-state index contributed by atoms with van der Waals surface area (Å²) in [6.45, 7) is 0.326. The van der Waals surface area contributed by atoms with Gasteiger partial charge in [-0.25, -0.2) is 13.1 Å². The Morgan fingerprint density at radius 2 is 1.90 bits per heavy atom. The molecule has 1 aromatic rings. The van der Waals surface area contributed by atoms with Crippen LogP contribution in [-0.4, -0.2) is 31.1 Å². The van der Waals surface area contributed by atoms with Crippen LogP contribution in [0.2, 0.25) is 0 Å². The first-order valence-corrected chi connectivity index (χ1v) is 7.90. The SMILES string of the molecule is O=[N+]([O-])c1ccc(CS(=O)(=O)NCC2CC(O)C2)cc1. The number of nitro groups is 1. The van der Waals surface area contributed by atoms with Gasteiger partial charge in [0.1, 0.15) is 0 Å². The molecule has 0 heterocycles. The van der Waals surface area contributed by atoms with Crippen molar-refractivity contribution in [2.45, 2.75) is 24.7 Å². The molecule has 0 aliphatic heterocycles. The Kier molecular flexibility index (Phi) is 4.36. The summed E-state index contributed by atoms with van der Waals surface area (Å²) in [6.07, 6.45) is 0.944. The van der Waals surface area contributed by atoms with E-state index in [1.807, 2.05) is 0 Å². The number of nitrogens with one attached hydrogen (secondary N) is 1. The zero-order valence-corrected chi connectivity index (χ0v) is 11.5. The lowest BCUT2D eigenvalue weighted by Gasteiger charge is -2.31. The number of hydrogen-bond donors (Lipinski definition) is 2. The maximum absolute atomic E-state index is 11.8. The molecule has 0 bridgehead atoms. The molecule has 2 N–H and O–H groups in total. The van der Waals surface area contributed by atoms with Crippen molar-refractivity contribution in [2.75, 3.05) is 6.54 Å². The summed E-state index contributed by atoms with van der Waals surface area (Å²) >= 11 is 0. The van der Waals surface area contributed by atoms with Crippen LogP contribution in [0.3, 0.4) is 0 Å². The number of nitro benzene ring substituents is 1. The minimum atomic E-state index is -3.46. The van der Waals surface area contributed by atoms with E-state index in [9.17, 15) is 18.5 Å². The molecule has 1 saturated carbocycles. The summed E-state index contributed by atoms with van der Waals surface area (Å²) < 4.78 is 26.2. The molecule has 1 aliphatic carbocycles. The van der Waals surface area contributed by atoms with Crippen molar-refractivity contribution in [3.05, 3.63) is 39.9 Å². The van der Waals surface area contributed by atoms with Crippen LogP contribution in [0, 0.1) is 16.0 Å². The van der Waals surface area contributed by atoms with Crippen LogP contribution >= 0.6 is 0 Å². The summed E-state index contributed by atoms with van der Waals surface area (Å²) in [4.78, 5) is 9.97. The first-order chi connectivity index (χ1) is 9.35. The van der Waals surface area contributed by atoms with Crippen LogP contribution in [0.25, 0.3) is 0 Å². The van der Waals surface area contributed by atoms with E-state index in [-0.39, 0.29) is 23.5 Å². The van der Waals surface area contributed by atoms with E-state index < -0.39 is 14.9 Å². The van der Waals surface area contributed by atoms with Gasteiger partial charge in [0.05, 0.1) is 16.8 Å².